The van der Waals surface area contributed by atoms with E-state index in [1.165, 1.54) is 12.1 Å². The predicted octanol–water partition coefficient (Wildman–Crippen LogP) is 1.98. The lowest BCUT2D eigenvalue weighted by atomic mass is 10.0. The number of hydrogen-bond donors (Lipinski definition) is 2. The molecule has 0 radical (unpaired) electrons. The van der Waals surface area contributed by atoms with Gasteiger partial charge in [0.2, 0.25) is 5.82 Å². The Balaban J connectivity index is 2.69. The number of rotatable bonds is 6. The molecule has 0 amide bonds. The SMILES string of the molecule is CCC(C)(O)CNCc1cccc([N+](=O)[O-])c1F. The van der Waals surface area contributed by atoms with Gasteiger partial charge >= 0.3 is 5.69 Å². The van der Waals surface area contributed by atoms with Gasteiger partial charge in [-0.2, -0.15) is 4.39 Å². The molecule has 100 valence electrons. The molecular weight excluding hydrogens is 239 g/mol. The fourth-order valence-electron chi connectivity index (χ4n) is 1.44. The lowest BCUT2D eigenvalue weighted by molar-refractivity contribution is -0.387. The summed E-state index contributed by atoms with van der Waals surface area (Å²) in [6, 6.07) is 4.05. The van der Waals surface area contributed by atoms with Crippen molar-refractivity contribution in [1.82, 2.24) is 5.32 Å². The minimum Gasteiger partial charge on any atom is -0.389 e. The summed E-state index contributed by atoms with van der Waals surface area (Å²) in [5.74, 6) is -0.828. The second kappa shape index (κ2) is 5.88. The highest BCUT2D eigenvalue weighted by molar-refractivity contribution is 5.36. The minimum atomic E-state index is -0.864. The summed E-state index contributed by atoms with van der Waals surface area (Å²) in [6.07, 6.45) is 0.567. The quantitative estimate of drug-likeness (QED) is 0.603. The number of hydrogen-bond acceptors (Lipinski definition) is 4. The normalized spacial score (nSPS) is 14.2. The molecule has 6 heteroatoms. The molecule has 1 unspecified atom stereocenters. The van der Waals surface area contributed by atoms with Gasteiger partial charge in [-0.15, -0.1) is 0 Å². The highest BCUT2D eigenvalue weighted by Gasteiger charge is 2.19. The van der Waals surface area contributed by atoms with Gasteiger partial charge in [0.05, 0.1) is 10.5 Å². The third kappa shape index (κ3) is 3.75. The van der Waals surface area contributed by atoms with Crippen molar-refractivity contribution in [2.24, 2.45) is 0 Å². The van der Waals surface area contributed by atoms with Crippen molar-refractivity contribution in [3.05, 3.63) is 39.7 Å². The van der Waals surface area contributed by atoms with Crippen molar-refractivity contribution in [3.8, 4) is 0 Å². The van der Waals surface area contributed by atoms with E-state index in [1.807, 2.05) is 6.92 Å². The van der Waals surface area contributed by atoms with Gasteiger partial charge in [-0.3, -0.25) is 10.1 Å². The molecule has 1 aromatic carbocycles. The predicted molar refractivity (Wildman–Crippen MR) is 65.7 cm³/mol. The highest BCUT2D eigenvalue weighted by Crippen LogP contribution is 2.20. The van der Waals surface area contributed by atoms with Gasteiger partial charge in [0.25, 0.3) is 0 Å². The van der Waals surface area contributed by atoms with Crippen molar-refractivity contribution in [2.45, 2.75) is 32.4 Å². The van der Waals surface area contributed by atoms with Crippen LogP contribution in [0.25, 0.3) is 0 Å². The van der Waals surface area contributed by atoms with Gasteiger partial charge in [-0.05, 0) is 13.3 Å². The standard InChI is InChI=1S/C12H17FN2O3/c1-3-12(2,16)8-14-7-9-5-4-6-10(11(9)13)15(17)18/h4-6,14,16H,3,7-8H2,1-2H3. The molecule has 0 fully saturated rings. The van der Waals surface area contributed by atoms with E-state index < -0.39 is 22.0 Å². The number of nitrogens with one attached hydrogen (secondary N) is 1. The number of aliphatic hydroxyl groups is 1. The smallest absolute Gasteiger partial charge is 0.305 e. The first kappa shape index (κ1) is 14.5. The average Bonchev–Trinajstić information content (AvgIpc) is 2.31. The zero-order valence-corrected chi connectivity index (χ0v) is 10.4. The maximum absolute atomic E-state index is 13.7. The summed E-state index contributed by atoms with van der Waals surface area (Å²) < 4.78 is 13.7. The molecular formula is C12H17FN2O3. The number of nitro groups is 1. The van der Waals surface area contributed by atoms with Gasteiger partial charge < -0.3 is 10.4 Å². The second-order valence-electron chi connectivity index (χ2n) is 4.46. The van der Waals surface area contributed by atoms with E-state index in [1.54, 1.807) is 6.92 Å². The molecule has 0 heterocycles. The van der Waals surface area contributed by atoms with Crippen molar-refractivity contribution in [2.75, 3.05) is 6.54 Å². The van der Waals surface area contributed by atoms with Crippen molar-refractivity contribution < 1.29 is 14.4 Å². The Labute approximate surface area is 105 Å². The maximum Gasteiger partial charge on any atom is 0.305 e. The largest absolute Gasteiger partial charge is 0.389 e. The molecule has 0 saturated carbocycles. The zero-order chi connectivity index (χ0) is 13.8. The Morgan fingerprint density at radius 1 is 1.56 bits per heavy atom. The van der Waals surface area contributed by atoms with Gasteiger partial charge in [-0.25, -0.2) is 0 Å². The molecule has 1 atom stereocenters. The first-order valence-electron chi connectivity index (χ1n) is 5.72. The minimum absolute atomic E-state index is 0.143. The molecule has 0 aliphatic carbocycles. The Morgan fingerprint density at radius 2 is 2.22 bits per heavy atom. The van der Waals surface area contributed by atoms with Gasteiger partial charge in [0.1, 0.15) is 0 Å². The van der Waals surface area contributed by atoms with Gasteiger partial charge in [0, 0.05) is 24.7 Å². The summed E-state index contributed by atoms with van der Waals surface area (Å²) in [5, 5.41) is 23.2. The molecule has 5 nitrogen and oxygen atoms in total. The van der Waals surface area contributed by atoms with Gasteiger partial charge in [0.15, 0.2) is 0 Å². The van der Waals surface area contributed by atoms with Crippen LogP contribution in [-0.4, -0.2) is 22.2 Å². The number of halogens is 1. The number of nitrogens with zero attached hydrogens (tertiary/aromatic N) is 1. The second-order valence-corrected chi connectivity index (χ2v) is 4.46. The van der Waals surface area contributed by atoms with Crippen LogP contribution >= 0.6 is 0 Å². The number of nitro benzene ring substituents is 1. The molecule has 0 aliphatic heterocycles. The first-order chi connectivity index (χ1) is 8.37. The van der Waals surface area contributed by atoms with Crippen LogP contribution in [0, 0.1) is 15.9 Å². The lowest BCUT2D eigenvalue weighted by Crippen LogP contribution is -2.36. The summed E-state index contributed by atoms with van der Waals surface area (Å²) in [7, 11) is 0. The maximum atomic E-state index is 13.7. The molecule has 1 rings (SSSR count). The van der Waals surface area contributed by atoms with Crippen LogP contribution in [0.15, 0.2) is 18.2 Å². The molecule has 18 heavy (non-hydrogen) atoms. The summed E-state index contributed by atoms with van der Waals surface area (Å²) in [6.45, 7) is 3.95. The Kier molecular flexibility index (Phi) is 4.75. The molecule has 0 saturated heterocycles. The van der Waals surface area contributed by atoms with Crippen LogP contribution in [0.5, 0.6) is 0 Å². The molecule has 2 N–H and O–H groups in total. The summed E-state index contributed by atoms with van der Waals surface area (Å²) >= 11 is 0. The van der Waals surface area contributed by atoms with Crippen LogP contribution in [0.3, 0.4) is 0 Å². The first-order valence-corrected chi connectivity index (χ1v) is 5.72. The Morgan fingerprint density at radius 3 is 2.78 bits per heavy atom. The summed E-state index contributed by atoms with van der Waals surface area (Å²) in [5.41, 5.74) is -1.18. The summed E-state index contributed by atoms with van der Waals surface area (Å²) in [4.78, 5) is 9.81. The van der Waals surface area contributed by atoms with E-state index in [4.69, 9.17) is 0 Å². The molecule has 0 aromatic heterocycles. The fraction of sp³-hybridized carbons (Fsp3) is 0.500. The van der Waals surface area contributed by atoms with Crippen molar-refractivity contribution in [3.63, 3.8) is 0 Å². The van der Waals surface area contributed by atoms with Crippen LogP contribution in [0.4, 0.5) is 10.1 Å². The van der Waals surface area contributed by atoms with E-state index in [-0.39, 0.29) is 12.1 Å². The van der Waals surface area contributed by atoms with E-state index in [0.29, 0.717) is 13.0 Å². The van der Waals surface area contributed by atoms with Crippen molar-refractivity contribution in [1.29, 1.82) is 0 Å². The van der Waals surface area contributed by atoms with Crippen LogP contribution < -0.4 is 5.32 Å². The van der Waals surface area contributed by atoms with Crippen LogP contribution in [-0.2, 0) is 6.54 Å². The topological polar surface area (TPSA) is 75.4 Å². The Hall–Kier alpha value is -1.53. The fourth-order valence-corrected chi connectivity index (χ4v) is 1.44. The van der Waals surface area contributed by atoms with E-state index in [0.717, 1.165) is 6.07 Å². The molecule has 0 spiro atoms. The monoisotopic (exact) mass is 256 g/mol. The third-order valence-electron chi connectivity index (χ3n) is 2.84. The van der Waals surface area contributed by atoms with E-state index in [9.17, 15) is 19.6 Å². The van der Waals surface area contributed by atoms with Gasteiger partial charge in [-0.1, -0.05) is 19.1 Å². The lowest BCUT2D eigenvalue weighted by Gasteiger charge is -2.21. The molecule has 0 bridgehead atoms. The molecule has 1 aromatic rings. The number of benzene rings is 1. The van der Waals surface area contributed by atoms with E-state index >= 15 is 0 Å². The zero-order valence-electron chi connectivity index (χ0n) is 10.4. The third-order valence-corrected chi connectivity index (χ3v) is 2.84. The van der Waals surface area contributed by atoms with Crippen LogP contribution in [0.1, 0.15) is 25.8 Å². The average molecular weight is 256 g/mol. The van der Waals surface area contributed by atoms with Crippen molar-refractivity contribution >= 4 is 5.69 Å². The van der Waals surface area contributed by atoms with Crippen LogP contribution in [0.2, 0.25) is 0 Å². The highest BCUT2D eigenvalue weighted by atomic mass is 19.1. The molecule has 0 aliphatic rings. The van der Waals surface area contributed by atoms with E-state index in [2.05, 4.69) is 5.32 Å². The Bertz CT molecular complexity index is 435.